The Hall–Kier alpha value is -3.48. The summed E-state index contributed by atoms with van der Waals surface area (Å²) in [6, 6.07) is 10.2. The van der Waals surface area contributed by atoms with Crippen molar-refractivity contribution in [3.63, 3.8) is 0 Å². The number of anilines is 2. The number of nitrogens with two attached hydrogens (primary N) is 1. The highest BCUT2D eigenvalue weighted by Crippen LogP contribution is 2.40. The van der Waals surface area contributed by atoms with Crippen molar-refractivity contribution in [2.45, 2.75) is 13.0 Å². The summed E-state index contributed by atoms with van der Waals surface area (Å²) in [5, 5.41) is 6.11. The predicted octanol–water partition coefficient (Wildman–Crippen LogP) is 2.64. The zero-order chi connectivity index (χ0) is 19.6. The van der Waals surface area contributed by atoms with Crippen LogP contribution in [0, 0.1) is 0 Å². The van der Waals surface area contributed by atoms with Crippen molar-refractivity contribution in [1.29, 1.82) is 0 Å². The van der Waals surface area contributed by atoms with Gasteiger partial charge in [0, 0.05) is 34.5 Å². The molecule has 3 rings (SSSR count). The molecule has 4 N–H and O–H groups in total. The quantitative estimate of drug-likeness (QED) is 0.681. The van der Waals surface area contributed by atoms with Gasteiger partial charge >= 0.3 is 0 Å². The van der Waals surface area contributed by atoms with Gasteiger partial charge < -0.3 is 25.8 Å². The lowest BCUT2D eigenvalue weighted by molar-refractivity contribution is -0.110. The van der Waals surface area contributed by atoms with Crippen molar-refractivity contribution in [3.8, 4) is 11.5 Å². The molecule has 1 unspecified atom stereocenters. The number of carbonyl (C=O) groups excluding carboxylic acids is 2. The molecule has 0 aliphatic carbocycles. The first-order valence-electron chi connectivity index (χ1n) is 8.39. The Morgan fingerprint density at radius 3 is 2.37 bits per heavy atom. The van der Waals surface area contributed by atoms with E-state index >= 15 is 0 Å². The summed E-state index contributed by atoms with van der Waals surface area (Å²) >= 11 is 0. The fourth-order valence-corrected chi connectivity index (χ4v) is 2.97. The van der Waals surface area contributed by atoms with Gasteiger partial charge in [-0.1, -0.05) is 0 Å². The Morgan fingerprint density at radius 2 is 1.78 bits per heavy atom. The topological polar surface area (TPSA) is 103 Å². The fraction of sp³-hybridized carbons (Fsp3) is 0.200. The summed E-state index contributed by atoms with van der Waals surface area (Å²) in [5.74, 6) is 0.457. The fourth-order valence-electron chi connectivity index (χ4n) is 2.97. The predicted molar refractivity (Wildman–Crippen MR) is 104 cm³/mol. The Labute approximate surface area is 157 Å². The maximum absolute atomic E-state index is 12.4. The molecule has 0 spiro atoms. The van der Waals surface area contributed by atoms with E-state index in [9.17, 15) is 9.59 Å². The van der Waals surface area contributed by atoms with Gasteiger partial charge in [-0.2, -0.15) is 0 Å². The molecule has 2 aromatic carbocycles. The van der Waals surface area contributed by atoms with Crippen molar-refractivity contribution in [3.05, 3.63) is 53.6 Å². The number of carbonyl (C=O) groups is 2. The van der Waals surface area contributed by atoms with Crippen LogP contribution in [0.25, 0.3) is 5.57 Å². The van der Waals surface area contributed by atoms with Gasteiger partial charge in [0.05, 0.1) is 19.9 Å². The van der Waals surface area contributed by atoms with Gasteiger partial charge in [-0.15, -0.1) is 0 Å². The first-order valence-corrected chi connectivity index (χ1v) is 8.39. The second-order valence-corrected chi connectivity index (χ2v) is 6.16. The van der Waals surface area contributed by atoms with Gasteiger partial charge in [0.2, 0.25) is 5.91 Å². The monoisotopic (exact) mass is 367 g/mol. The van der Waals surface area contributed by atoms with Gasteiger partial charge in [0.25, 0.3) is 5.91 Å². The maximum atomic E-state index is 12.4. The third-order valence-electron chi connectivity index (χ3n) is 4.29. The van der Waals surface area contributed by atoms with Crippen LogP contribution in [-0.4, -0.2) is 32.1 Å². The zero-order valence-electron chi connectivity index (χ0n) is 15.3. The molecule has 0 fully saturated rings. The molecule has 1 heterocycles. The van der Waals surface area contributed by atoms with Gasteiger partial charge in [-0.25, -0.2) is 0 Å². The Balaban J connectivity index is 1.84. The number of methoxy groups -OCH3 is 2. The second-order valence-electron chi connectivity index (χ2n) is 6.16. The van der Waals surface area contributed by atoms with Gasteiger partial charge in [0.1, 0.15) is 0 Å². The van der Waals surface area contributed by atoms with E-state index in [0.29, 0.717) is 28.3 Å². The second kappa shape index (κ2) is 7.41. The number of benzene rings is 2. The van der Waals surface area contributed by atoms with E-state index in [1.165, 1.54) is 0 Å². The summed E-state index contributed by atoms with van der Waals surface area (Å²) in [6.07, 6.45) is 1.84. The SMILES string of the molecule is COc1cc2c(cc1OC)C(=CC(C)Nc1ccc(C(N)=O)cc1)C(=O)N2. The number of rotatable bonds is 6. The first kappa shape index (κ1) is 18.3. The van der Waals surface area contributed by atoms with Crippen molar-refractivity contribution < 1.29 is 19.1 Å². The van der Waals surface area contributed by atoms with Crippen LogP contribution in [0.15, 0.2) is 42.5 Å². The number of fused-ring (bicyclic) bond motifs is 1. The van der Waals surface area contributed by atoms with Gasteiger partial charge in [-0.3, -0.25) is 9.59 Å². The molecule has 27 heavy (non-hydrogen) atoms. The van der Waals surface area contributed by atoms with Crippen LogP contribution in [0.1, 0.15) is 22.8 Å². The van der Waals surface area contributed by atoms with E-state index in [1.54, 1.807) is 50.6 Å². The average molecular weight is 367 g/mol. The standard InChI is InChI=1S/C20H21N3O4/c1-11(22-13-6-4-12(5-7-13)19(21)24)8-15-14-9-17(26-2)18(27-3)10-16(14)23-20(15)25/h4-11,22H,1-3H3,(H2,21,24)(H,23,25). The van der Waals surface area contributed by atoms with Crippen molar-refractivity contribution in [2.24, 2.45) is 5.73 Å². The summed E-state index contributed by atoms with van der Waals surface area (Å²) in [6.45, 7) is 1.93. The molecule has 1 aliphatic heterocycles. The molecule has 0 aromatic heterocycles. The average Bonchev–Trinajstić information content (AvgIpc) is 2.95. The lowest BCUT2D eigenvalue weighted by Crippen LogP contribution is -2.15. The van der Waals surface area contributed by atoms with E-state index < -0.39 is 5.91 Å². The van der Waals surface area contributed by atoms with E-state index in [4.69, 9.17) is 15.2 Å². The zero-order valence-corrected chi connectivity index (χ0v) is 15.3. The van der Waals surface area contributed by atoms with Crippen molar-refractivity contribution in [1.82, 2.24) is 0 Å². The lowest BCUT2D eigenvalue weighted by atomic mass is 10.0. The molecular weight excluding hydrogens is 346 g/mol. The molecule has 0 saturated carbocycles. The summed E-state index contributed by atoms with van der Waals surface area (Å²) in [5.41, 5.74) is 8.50. The smallest absolute Gasteiger partial charge is 0.256 e. The van der Waals surface area contributed by atoms with Gasteiger partial charge in [-0.05, 0) is 43.3 Å². The summed E-state index contributed by atoms with van der Waals surface area (Å²) < 4.78 is 10.6. The Bertz CT molecular complexity index is 920. The van der Waals surface area contributed by atoms with Crippen LogP contribution < -0.4 is 25.8 Å². The number of nitrogens with one attached hydrogen (secondary N) is 2. The third kappa shape index (κ3) is 3.72. The number of amides is 2. The number of ether oxygens (including phenoxy) is 2. The molecule has 0 bridgehead atoms. The van der Waals surface area contributed by atoms with Crippen molar-refractivity contribution in [2.75, 3.05) is 24.9 Å². The molecule has 2 aromatic rings. The highest BCUT2D eigenvalue weighted by atomic mass is 16.5. The van der Waals surface area contributed by atoms with Crippen LogP contribution in [0.5, 0.6) is 11.5 Å². The molecule has 0 radical (unpaired) electrons. The van der Waals surface area contributed by atoms with E-state index in [0.717, 1.165) is 11.3 Å². The van der Waals surface area contributed by atoms with E-state index in [1.807, 2.05) is 13.0 Å². The minimum atomic E-state index is -0.472. The van der Waals surface area contributed by atoms with Crippen LogP contribution in [0.4, 0.5) is 11.4 Å². The third-order valence-corrected chi connectivity index (χ3v) is 4.29. The summed E-state index contributed by atoms with van der Waals surface area (Å²) in [4.78, 5) is 23.5. The van der Waals surface area contributed by atoms with Crippen molar-refractivity contribution >= 4 is 28.8 Å². The molecule has 1 atom stereocenters. The molecule has 7 nitrogen and oxygen atoms in total. The number of hydrogen-bond donors (Lipinski definition) is 3. The Morgan fingerprint density at radius 1 is 1.15 bits per heavy atom. The molecule has 7 heteroatoms. The Kier molecular flexibility index (Phi) is 5.03. The summed E-state index contributed by atoms with van der Waals surface area (Å²) in [7, 11) is 3.10. The highest BCUT2D eigenvalue weighted by Gasteiger charge is 2.27. The number of hydrogen-bond acceptors (Lipinski definition) is 5. The van der Waals surface area contributed by atoms with Crippen LogP contribution >= 0.6 is 0 Å². The normalized spacial score (nSPS) is 15.1. The molecular formula is C20H21N3O4. The first-order chi connectivity index (χ1) is 12.9. The van der Waals surface area contributed by atoms with Crippen LogP contribution in [0.2, 0.25) is 0 Å². The molecule has 0 saturated heterocycles. The minimum Gasteiger partial charge on any atom is -0.493 e. The van der Waals surface area contributed by atoms with E-state index in [2.05, 4.69) is 10.6 Å². The lowest BCUT2D eigenvalue weighted by Gasteiger charge is -2.13. The minimum absolute atomic E-state index is 0.135. The molecule has 140 valence electrons. The maximum Gasteiger partial charge on any atom is 0.256 e. The molecule has 1 aliphatic rings. The largest absolute Gasteiger partial charge is 0.493 e. The van der Waals surface area contributed by atoms with E-state index in [-0.39, 0.29) is 11.9 Å². The highest BCUT2D eigenvalue weighted by molar-refractivity contribution is 6.31. The van der Waals surface area contributed by atoms with Crippen LogP contribution in [-0.2, 0) is 4.79 Å². The van der Waals surface area contributed by atoms with Gasteiger partial charge in [0.15, 0.2) is 11.5 Å². The number of primary amides is 1. The molecule has 2 amide bonds. The van der Waals surface area contributed by atoms with Crippen LogP contribution in [0.3, 0.4) is 0 Å².